The fourth-order valence-electron chi connectivity index (χ4n) is 1.75. The monoisotopic (exact) mass is 225 g/mol. The van der Waals surface area contributed by atoms with Crippen molar-refractivity contribution in [2.45, 2.75) is 13.0 Å². The van der Waals surface area contributed by atoms with Crippen molar-refractivity contribution in [2.75, 3.05) is 26.3 Å². The molecule has 1 aromatic heterocycles. The van der Waals surface area contributed by atoms with Crippen molar-refractivity contribution in [3.8, 4) is 0 Å². The number of aliphatic hydroxyl groups excluding tert-OH is 1. The molecule has 0 aliphatic carbocycles. The third kappa shape index (κ3) is 2.07. The lowest BCUT2D eigenvalue weighted by molar-refractivity contribution is -0.0447. The molecular weight excluding hydrogens is 210 g/mol. The van der Waals surface area contributed by atoms with Gasteiger partial charge in [-0.3, -0.25) is 9.89 Å². The molecule has 0 radical (unpaired) electrons. The van der Waals surface area contributed by atoms with Crippen LogP contribution < -0.4 is 0 Å². The van der Waals surface area contributed by atoms with Gasteiger partial charge in [-0.2, -0.15) is 5.10 Å². The van der Waals surface area contributed by atoms with Gasteiger partial charge in [0.05, 0.1) is 31.1 Å². The summed E-state index contributed by atoms with van der Waals surface area (Å²) in [6.07, 6.45) is 1.26. The van der Waals surface area contributed by atoms with Gasteiger partial charge in [0.2, 0.25) is 0 Å². The number of aryl methyl sites for hydroxylation is 1. The van der Waals surface area contributed by atoms with Crippen molar-refractivity contribution in [1.29, 1.82) is 0 Å². The van der Waals surface area contributed by atoms with Gasteiger partial charge in [0.25, 0.3) is 5.91 Å². The maximum Gasteiger partial charge on any atom is 0.257 e. The Hall–Kier alpha value is -1.40. The van der Waals surface area contributed by atoms with Crippen LogP contribution in [-0.4, -0.2) is 58.5 Å². The van der Waals surface area contributed by atoms with E-state index in [0.29, 0.717) is 25.3 Å². The summed E-state index contributed by atoms with van der Waals surface area (Å²) in [5, 5.41) is 15.6. The Balaban J connectivity index is 2.07. The summed E-state index contributed by atoms with van der Waals surface area (Å²) in [4.78, 5) is 13.8. The number of carbonyl (C=O) groups excluding carboxylic acids is 1. The van der Waals surface area contributed by atoms with E-state index in [1.54, 1.807) is 4.90 Å². The molecule has 16 heavy (non-hydrogen) atoms. The number of carbonyl (C=O) groups is 1. The first-order valence-electron chi connectivity index (χ1n) is 5.24. The number of rotatable bonds is 2. The highest BCUT2D eigenvalue weighted by Crippen LogP contribution is 2.11. The maximum absolute atomic E-state index is 12.1. The molecule has 1 aliphatic rings. The van der Waals surface area contributed by atoms with Crippen LogP contribution in [-0.2, 0) is 4.74 Å². The topological polar surface area (TPSA) is 78.5 Å². The smallest absolute Gasteiger partial charge is 0.257 e. The van der Waals surface area contributed by atoms with E-state index in [1.165, 1.54) is 6.20 Å². The lowest BCUT2D eigenvalue weighted by Gasteiger charge is -2.31. The number of amides is 1. The largest absolute Gasteiger partial charge is 0.394 e. The van der Waals surface area contributed by atoms with E-state index in [2.05, 4.69) is 10.2 Å². The summed E-state index contributed by atoms with van der Waals surface area (Å²) >= 11 is 0. The van der Waals surface area contributed by atoms with Crippen molar-refractivity contribution in [1.82, 2.24) is 15.1 Å². The number of aliphatic hydroxyl groups is 1. The van der Waals surface area contributed by atoms with Gasteiger partial charge in [-0.1, -0.05) is 0 Å². The minimum absolute atomic E-state index is 0.0614. The average Bonchev–Trinajstić information content (AvgIpc) is 2.74. The van der Waals surface area contributed by atoms with Gasteiger partial charge < -0.3 is 14.7 Å². The van der Waals surface area contributed by atoms with Crippen LogP contribution in [0.4, 0.5) is 0 Å². The molecule has 0 aromatic carbocycles. The van der Waals surface area contributed by atoms with Crippen LogP contribution in [0.1, 0.15) is 16.1 Å². The fourth-order valence-corrected chi connectivity index (χ4v) is 1.75. The highest BCUT2D eigenvalue weighted by molar-refractivity contribution is 5.95. The molecule has 2 rings (SSSR count). The van der Waals surface area contributed by atoms with Gasteiger partial charge >= 0.3 is 0 Å². The molecule has 1 amide bonds. The summed E-state index contributed by atoms with van der Waals surface area (Å²) in [5.74, 6) is -0.0620. The molecule has 6 nitrogen and oxygen atoms in total. The van der Waals surface area contributed by atoms with Crippen molar-refractivity contribution in [2.24, 2.45) is 0 Å². The summed E-state index contributed by atoms with van der Waals surface area (Å²) in [6.45, 7) is 3.20. The minimum Gasteiger partial charge on any atom is -0.394 e. The summed E-state index contributed by atoms with van der Waals surface area (Å²) in [7, 11) is 0. The number of nitrogens with zero attached hydrogens (tertiary/aromatic N) is 2. The molecule has 88 valence electrons. The summed E-state index contributed by atoms with van der Waals surface area (Å²) in [5.41, 5.74) is 1.34. The molecular formula is C10H15N3O3. The SMILES string of the molecule is Cc1[nH]ncc1C(=O)N1CCOC(CO)C1. The van der Waals surface area contributed by atoms with E-state index in [1.807, 2.05) is 6.92 Å². The van der Waals surface area contributed by atoms with E-state index in [4.69, 9.17) is 9.84 Å². The molecule has 0 bridgehead atoms. The van der Waals surface area contributed by atoms with Crippen LogP contribution in [0.5, 0.6) is 0 Å². The first-order chi connectivity index (χ1) is 7.72. The Morgan fingerprint density at radius 3 is 3.25 bits per heavy atom. The molecule has 1 atom stereocenters. The number of aromatic nitrogens is 2. The number of ether oxygens (including phenoxy) is 1. The van der Waals surface area contributed by atoms with Crippen molar-refractivity contribution < 1.29 is 14.6 Å². The molecule has 6 heteroatoms. The summed E-state index contributed by atoms with van der Waals surface area (Å²) in [6, 6.07) is 0. The molecule has 1 aromatic rings. The first-order valence-corrected chi connectivity index (χ1v) is 5.24. The highest BCUT2D eigenvalue weighted by Gasteiger charge is 2.25. The lowest BCUT2D eigenvalue weighted by atomic mass is 10.2. The molecule has 0 saturated carbocycles. The van der Waals surface area contributed by atoms with E-state index < -0.39 is 0 Å². The van der Waals surface area contributed by atoms with Crippen molar-refractivity contribution in [3.63, 3.8) is 0 Å². The zero-order valence-corrected chi connectivity index (χ0v) is 9.14. The highest BCUT2D eigenvalue weighted by atomic mass is 16.5. The van der Waals surface area contributed by atoms with Crippen molar-refractivity contribution in [3.05, 3.63) is 17.5 Å². The Morgan fingerprint density at radius 2 is 2.62 bits per heavy atom. The molecule has 1 saturated heterocycles. The third-order valence-electron chi connectivity index (χ3n) is 2.69. The number of hydrogen-bond donors (Lipinski definition) is 2. The molecule has 1 unspecified atom stereocenters. The summed E-state index contributed by atoms with van der Waals surface area (Å²) < 4.78 is 5.29. The van der Waals surface area contributed by atoms with Gasteiger partial charge in [-0.25, -0.2) is 0 Å². The number of morpholine rings is 1. The number of H-pyrrole nitrogens is 1. The van der Waals surface area contributed by atoms with Crippen LogP contribution in [0, 0.1) is 6.92 Å². The van der Waals surface area contributed by atoms with E-state index in [9.17, 15) is 4.79 Å². The van der Waals surface area contributed by atoms with Crippen LogP contribution in [0.3, 0.4) is 0 Å². The van der Waals surface area contributed by atoms with Gasteiger partial charge in [-0.15, -0.1) is 0 Å². The van der Waals surface area contributed by atoms with E-state index in [-0.39, 0.29) is 18.6 Å². The van der Waals surface area contributed by atoms with Crippen LogP contribution in [0.2, 0.25) is 0 Å². The first kappa shape index (κ1) is 11.1. The zero-order chi connectivity index (χ0) is 11.5. The predicted molar refractivity (Wildman–Crippen MR) is 56.1 cm³/mol. The van der Waals surface area contributed by atoms with Gasteiger partial charge in [0.15, 0.2) is 0 Å². The normalized spacial score (nSPS) is 21.1. The Bertz CT molecular complexity index is 377. The maximum atomic E-state index is 12.1. The molecule has 1 fully saturated rings. The Labute approximate surface area is 93.2 Å². The van der Waals surface area contributed by atoms with Crippen LogP contribution >= 0.6 is 0 Å². The second-order valence-electron chi connectivity index (χ2n) is 3.84. The van der Waals surface area contributed by atoms with E-state index >= 15 is 0 Å². The van der Waals surface area contributed by atoms with Crippen LogP contribution in [0.15, 0.2) is 6.20 Å². The number of hydrogen-bond acceptors (Lipinski definition) is 4. The van der Waals surface area contributed by atoms with Gasteiger partial charge in [-0.05, 0) is 6.92 Å². The minimum atomic E-state index is -0.273. The third-order valence-corrected chi connectivity index (χ3v) is 2.69. The molecule has 2 heterocycles. The van der Waals surface area contributed by atoms with E-state index in [0.717, 1.165) is 5.69 Å². The number of aromatic amines is 1. The van der Waals surface area contributed by atoms with Gasteiger partial charge in [0, 0.05) is 18.8 Å². The molecule has 1 aliphatic heterocycles. The van der Waals surface area contributed by atoms with Gasteiger partial charge in [0.1, 0.15) is 0 Å². The predicted octanol–water partition coefficient (Wildman–Crippen LogP) is -0.449. The number of nitrogens with one attached hydrogen (secondary N) is 1. The molecule has 2 N–H and O–H groups in total. The quantitative estimate of drug-likeness (QED) is 0.714. The second-order valence-corrected chi connectivity index (χ2v) is 3.84. The zero-order valence-electron chi connectivity index (χ0n) is 9.14. The van der Waals surface area contributed by atoms with Crippen LogP contribution in [0.25, 0.3) is 0 Å². The second kappa shape index (κ2) is 4.63. The van der Waals surface area contributed by atoms with Crippen molar-refractivity contribution >= 4 is 5.91 Å². The average molecular weight is 225 g/mol. The standard InChI is InChI=1S/C10H15N3O3/c1-7-9(4-11-12-7)10(15)13-2-3-16-8(5-13)6-14/h4,8,14H,2-3,5-6H2,1H3,(H,11,12). The molecule has 0 spiro atoms. The lowest BCUT2D eigenvalue weighted by Crippen LogP contribution is -2.47. The Kier molecular flexibility index (Phi) is 3.21. The fraction of sp³-hybridized carbons (Fsp3) is 0.600. The Morgan fingerprint density at radius 1 is 1.81 bits per heavy atom.